The molecule has 0 saturated heterocycles. The van der Waals surface area contributed by atoms with Crippen LogP contribution in [0.4, 0.5) is 0 Å². The van der Waals surface area contributed by atoms with Crippen LogP contribution in [-0.4, -0.2) is 101 Å². The number of aliphatic hydroxyl groups is 2. The number of rotatable bonds is 20. The monoisotopic (exact) mass is 940 g/mol. The number of hydrogen-bond acceptors (Lipinski definition) is 10. The number of carboxylic acid groups (broad SMARTS) is 1. The quantitative estimate of drug-likeness (QED) is 0.0694. The smallest absolute Gasteiger partial charge is 0.325 e. The van der Waals surface area contributed by atoms with E-state index in [1.807, 2.05) is 13.8 Å². The molecule has 6 atom stereocenters. The molecule has 6 N–H and O–H groups in total. The molecule has 0 unspecified atom stereocenters. The van der Waals surface area contributed by atoms with Crippen LogP contribution in [0.2, 0.25) is 0 Å². The summed E-state index contributed by atoms with van der Waals surface area (Å²) in [6.45, 7) is 17.7. The number of carbonyl (C=O) groups excluding carboxylic acids is 3. The van der Waals surface area contributed by atoms with E-state index in [9.17, 15) is 44.7 Å². The summed E-state index contributed by atoms with van der Waals surface area (Å²) in [5, 5.41) is 57.2. The van der Waals surface area contributed by atoms with Crippen molar-refractivity contribution >= 4 is 23.7 Å². The molecule has 68 heavy (non-hydrogen) atoms. The van der Waals surface area contributed by atoms with Crippen LogP contribution in [0.15, 0.2) is 58.7 Å². The zero-order valence-corrected chi connectivity index (χ0v) is 41.5. The lowest BCUT2D eigenvalue weighted by Crippen LogP contribution is -2.51. The normalized spacial score (nSPS) is 22.9. The van der Waals surface area contributed by atoms with E-state index in [0.29, 0.717) is 59.4 Å². The number of phenolic OH excluding ortho intramolecular Hbond substituents is 2. The van der Waals surface area contributed by atoms with E-state index < -0.39 is 53.3 Å². The van der Waals surface area contributed by atoms with Crippen LogP contribution in [0, 0.1) is 0 Å². The van der Waals surface area contributed by atoms with Gasteiger partial charge in [-0.25, -0.2) is 0 Å². The van der Waals surface area contributed by atoms with Gasteiger partial charge in [0.2, 0.25) is 5.91 Å². The van der Waals surface area contributed by atoms with Gasteiger partial charge in [0.15, 0.2) is 0 Å². The minimum atomic E-state index is -1.26. The number of carbonyl (C=O) groups is 4. The standard InChI is InChI=1S/C54H73N3O11/c1-31(2)15-10-17-33(5)19-12-22-53(8)45(60)27-38-43(58)25-36-40(47(38)67-53)29-56(50(36)63)24-14-21-42(49(62)55-35(7)52(65)66)57-30-41-37(51(57)64)26-44(59)39-28-46(61)54(9,68-48(39)41)23-13-20-34(6)18-11-16-32(3)4/h15-16,19-20,25-26,35,42,45-46,58-61H,10-14,17-18,21-24,27-30H2,1-9H3,(H,55,62)(H,65,66)/b33-19+,34-20+/t35-,42+,45+,46+,53-,54-/m1/s1. The molecule has 14 nitrogen and oxygen atoms in total. The first-order valence-electron chi connectivity index (χ1n) is 24.2. The highest BCUT2D eigenvalue weighted by Crippen LogP contribution is 2.48. The maximum absolute atomic E-state index is 14.3. The summed E-state index contributed by atoms with van der Waals surface area (Å²) in [4.78, 5) is 57.1. The predicted molar refractivity (Wildman–Crippen MR) is 260 cm³/mol. The number of amides is 3. The molecule has 4 aliphatic heterocycles. The Balaban J connectivity index is 1.17. The molecule has 0 aliphatic carbocycles. The number of fused-ring (bicyclic) bond motifs is 6. The highest BCUT2D eigenvalue weighted by molar-refractivity contribution is 6.03. The number of nitrogens with one attached hydrogen (secondary N) is 1. The predicted octanol–water partition coefficient (Wildman–Crippen LogP) is 8.50. The van der Waals surface area contributed by atoms with Gasteiger partial charge in [0.25, 0.3) is 11.8 Å². The SMILES string of the molecule is CC(C)=CCC/C(C)=C/CC[C@@]1(C)Oc2c(c(O)cc3c2CN(CCC[C@@H](C(=O)N[C@H](C)C(=O)O)N2Cc4c(cc(O)c5c4O[C@](C)(CC/C=C(\C)CCC=C(C)C)[C@@H](O)C5)C2=O)C3=O)C[C@@H]1O. The topological polar surface area (TPSA) is 206 Å². The Hall–Kier alpha value is -5.60. The van der Waals surface area contributed by atoms with Crippen LogP contribution in [0.1, 0.15) is 169 Å². The van der Waals surface area contributed by atoms with Gasteiger partial charge in [-0.3, -0.25) is 19.2 Å². The summed E-state index contributed by atoms with van der Waals surface area (Å²) in [6, 6.07) is 0.338. The summed E-state index contributed by atoms with van der Waals surface area (Å²) >= 11 is 0. The lowest BCUT2D eigenvalue weighted by molar-refractivity contribution is -0.142. The van der Waals surface area contributed by atoms with Gasteiger partial charge in [-0.2, -0.15) is 0 Å². The molecule has 2 aromatic carbocycles. The van der Waals surface area contributed by atoms with Gasteiger partial charge in [-0.1, -0.05) is 46.6 Å². The molecule has 4 heterocycles. The molecular weight excluding hydrogens is 867 g/mol. The Kier molecular flexibility index (Phi) is 16.3. The Morgan fingerprint density at radius 1 is 0.735 bits per heavy atom. The molecule has 0 spiro atoms. The molecule has 0 bridgehead atoms. The van der Waals surface area contributed by atoms with E-state index in [-0.39, 0.29) is 73.9 Å². The van der Waals surface area contributed by atoms with Crippen LogP contribution >= 0.6 is 0 Å². The van der Waals surface area contributed by atoms with Crippen LogP contribution in [0.5, 0.6) is 23.0 Å². The Bertz CT molecular complexity index is 2410. The second kappa shape index (κ2) is 21.4. The summed E-state index contributed by atoms with van der Waals surface area (Å²) in [5.41, 5.74) is 5.32. The number of allylic oxidation sites excluding steroid dienone is 8. The van der Waals surface area contributed by atoms with Crippen molar-refractivity contribution in [3.8, 4) is 23.0 Å². The van der Waals surface area contributed by atoms with Crippen molar-refractivity contribution in [3.63, 3.8) is 0 Å². The highest BCUT2D eigenvalue weighted by atomic mass is 16.5. The number of ether oxygens (including phenoxy) is 2. The van der Waals surface area contributed by atoms with E-state index in [2.05, 4.69) is 71.2 Å². The third kappa shape index (κ3) is 11.5. The van der Waals surface area contributed by atoms with Crippen LogP contribution in [-0.2, 0) is 35.5 Å². The summed E-state index contributed by atoms with van der Waals surface area (Å²) in [7, 11) is 0. The number of benzene rings is 2. The molecule has 370 valence electrons. The van der Waals surface area contributed by atoms with Gasteiger partial charge in [0, 0.05) is 41.6 Å². The van der Waals surface area contributed by atoms with Gasteiger partial charge in [0.05, 0.1) is 36.4 Å². The molecule has 4 aliphatic rings. The van der Waals surface area contributed by atoms with E-state index in [1.165, 1.54) is 46.2 Å². The van der Waals surface area contributed by atoms with E-state index >= 15 is 0 Å². The minimum Gasteiger partial charge on any atom is -0.508 e. The lowest BCUT2D eigenvalue weighted by atomic mass is 9.84. The van der Waals surface area contributed by atoms with Crippen LogP contribution in [0.3, 0.4) is 0 Å². The molecule has 6 rings (SSSR count). The number of aliphatic hydroxyl groups excluding tert-OH is 2. The fourth-order valence-corrected chi connectivity index (χ4v) is 9.79. The third-order valence-corrected chi connectivity index (χ3v) is 14.3. The molecule has 0 saturated carbocycles. The Labute approximate surface area is 401 Å². The lowest BCUT2D eigenvalue weighted by Gasteiger charge is -2.41. The number of aliphatic carboxylic acids is 1. The minimum absolute atomic E-state index is 0.0498. The Morgan fingerprint density at radius 2 is 1.21 bits per heavy atom. The van der Waals surface area contributed by atoms with Crippen molar-refractivity contribution in [3.05, 3.63) is 92.1 Å². The van der Waals surface area contributed by atoms with Crippen LogP contribution < -0.4 is 14.8 Å². The molecule has 14 heteroatoms. The average molecular weight is 940 g/mol. The van der Waals surface area contributed by atoms with E-state index in [1.54, 1.807) is 4.90 Å². The van der Waals surface area contributed by atoms with Crippen LogP contribution in [0.25, 0.3) is 0 Å². The number of carboxylic acids is 1. The summed E-state index contributed by atoms with van der Waals surface area (Å²) in [6.07, 6.45) is 13.4. The summed E-state index contributed by atoms with van der Waals surface area (Å²) < 4.78 is 13.2. The van der Waals surface area contributed by atoms with Crippen molar-refractivity contribution in [1.82, 2.24) is 15.1 Å². The third-order valence-electron chi connectivity index (χ3n) is 14.3. The molecule has 2 aromatic rings. The largest absolute Gasteiger partial charge is 0.508 e. The highest BCUT2D eigenvalue weighted by Gasteiger charge is 2.47. The van der Waals surface area contributed by atoms with Crippen molar-refractivity contribution in [2.45, 2.75) is 188 Å². The first-order chi connectivity index (χ1) is 32.0. The maximum atomic E-state index is 14.3. The molecule has 0 aromatic heterocycles. The van der Waals surface area contributed by atoms with Gasteiger partial charge in [-0.05, 0) is 139 Å². The van der Waals surface area contributed by atoms with Gasteiger partial charge in [0.1, 0.15) is 46.3 Å². The number of hydrogen-bond donors (Lipinski definition) is 6. The number of aromatic hydroxyl groups is 2. The van der Waals surface area contributed by atoms with E-state index in [4.69, 9.17) is 9.47 Å². The molecular formula is C54H73N3O11. The van der Waals surface area contributed by atoms with Gasteiger partial charge < -0.3 is 50.1 Å². The van der Waals surface area contributed by atoms with Gasteiger partial charge in [-0.15, -0.1) is 0 Å². The zero-order chi connectivity index (χ0) is 49.8. The fourth-order valence-electron chi connectivity index (χ4n) is 9.79. The maximum Gasteiger partial charge on any atom is 0.325 e. The number of phenols is 2. The molecule has 3 amide bonds. The van der Waals surface area contributed by atoms with Crippen molar-refractivity contribution in [2.75, 3.05) is 6.54 Å². The first kappa shape index (κ1) is 51.8. The molecule has 0 radical (unpaired) electrons. The Morgan fingerprint density at radius 3 is 1.68 bits per heavy atom. The fraction of sp³-hybridized carbons (Fsp3) is 0.556. The first-order valence-corrected chi connectivity index (χ1v) is 24.2. The van der Waals surface area contributed by atoms with Gasteiger partial charge >= 0.3 is 5.97 Å². The molecule has 0 fully saturated rings. The average Bonchev–Trinajstić information content (AvgIpc) is 3.75. The van der Waals surface area contributed by atoms with Crippen molar-refractivity contribution in [1.29, 1.82) is 0 Å². The zero-order valence-electron chi connectivity index (χ0n) is 41.5. The van der Waals surface area contributed by atoms with E-state index in [0.717, 1.165) is 25.7 Å². The second-order valence-electron chi connectivity index (χ2n) is 20.4. The van der Waals surface area contributed by atoms with Crippen molar-refractivity contribution in [2.24, 2.45) is 0 Å². The number of nitrogens with zero attached hydrogens (tertiary/aromatic N) is 2. The summed E-state index contributed by atoms with van der Waals surface area (Å²) in [5.74, 6) is -2.47. The second-order valence-corrected chi connectivity index (χ2v) is 20.4. The van der Waals surface area contributed by atoms with Crippen molar-refractivity contribution < 1.29 is 54.2 Å².